The van der Waals surface area contributed by atoms with E-state index in [1.54, 1.807) is 31.2 Å². The molecule has 0 radical (unpaired) electrons. The van der Waals surface area contributed by atoms with Gasteiger partial charge in [0.2, 0.25) is 0 Å². The largest absolute Gasteiger partial charge is 0.416 e. The maximum Gasteiger partial charge on any atom is 0.416 e. The Morgan fingerprint density at radius 1 is 1.24 bits per heavy atom. The van der Waals surface area contributed by atoms with Gasteiger partial charge in [-0.2, -0.15) is 23.5 Å². The van der Waals surface area contributed by atoms with Gasteiger partial charge in [0.25, 0.3) is 5.69 Å². The lowest BCUT2D eigenvalue weighted by atomic mass is 10.1. The van der Waals surface area contributed by atoms with Crippen LogP contribution >= 0.6 is 0 Å². The highest BCUT2D eigenvalue weighted by Gasteiger charge is 2.33. The van der Waals surface area contributed by atoms with Gasteiger partial charge < -0.3 is 0 Å². The Morgan fingerprint density at radius 3 is 2.40 bits per heavy atom. The van der Waals surface area contributed by atoms with Gasteiger partial charge in [0.15, 0.2) is 0 Å². The predicted octanol–water partition coefficient (Wildman–Crippen LogP) is 4.32. The van der Waals surface area contributed by atoms with Crippen LogP contribution in [0.4, 0.5) is 24.5 Å². The van der Waals surface area contributed by atoms with Crippen molar-refractivity contribution in [2.75, 3.05) is 5.43 Å². The van der Waals surface area contributed by atoms with E-state index in [9.17, 15) is 23.3 Å². The van der Waals surface area contributed by atoms with Crippen molar-refractivity contribution in [3.05, 3.63) is 69.3 Å². The van der Waals surface area contributed by atoms with E-state index in [0.717, 1.165) is 12.1 Å². The fraction of sp³-hybridized carbons (Fsp3) is 0.125. The third-order valence-corrected chi connectivity index (χ3v) is 3.30. The normalized spacial score (nSPS) is 11.7. The number of hydrogen-bond donors (Lipinski definition) is 1. The summed E-state index contributed by atoms with van der Waals surface area (Å²) in [5.74, 6) is 0. The van der Waals surface area contributed by atoms with Crippen LogP contribution in [0, 0.1) is 21.4 Å². The molecule has 0 amide bonds. The van der Waals surface area contributed by atoms with E-state index < -0.39 is 22.4 Å². The number of alkyl halides is 3. The smallest absolute Gasteiger partial charge is 0.271 e. The SMILES string of the molecule is CC(=NNc1ccc(C(F)(F)F)cc1[N+](=O)[O-])c1ccc(C#N)cc1. The molecule has 0 aliphatic heterocycles. The maximum atomic E-state index is 12.7. The molecule has 0 unspecified atom stereocenters. The van der Waals surface area contributed by atoms with Gasteiger partial charge in [-0.3, -0.25) is 15.5 Å². The van der Waals surface area contributed by atoms with Crippen molar-refractivity contribution in [1.29, 1.82) is 5.26 Å². The number of hydrazone groups is 1. The number of hydrogen-bond acceptors (Lipinski definition) is 5. The Balaban J connectivity index is 2.29. The summed E-state index contributed by atoms with van der Waals surface area (Å²) >= 11 is 0. The molecule has 0 saturated heterocycles. The van der Waals surface area contributed by atoms with Gasteiger partial charge in [-0.15, -0.1) is 0 Å². The Hall–Kier alpha value is -3.41. The molecule has 0 aromatic heterocycles. The minimum absolute atomic E-state index is 0.161. The zero-order valence-corrected chi connectivity index (χ0v) is 12.8. The second-order valence-electron chi connectivity index (χ2n) is 4.98. The number of nitrogens with one attached hydrogen (secondary N) is 1. The number of rotatable bonds is 4. The minimum Gasteiger partial charge on any atom is -0.271 e. The van der Waals surface area contributed by atoms with Gasteiger partial charge in [0.05, 0.1) is 27.8 Å². The summed E-state index contributed by atoms with van der Waals surface area (Å²) < 4.78 is 38.0. The molecule has 25 heavy (non-hydrogen) atoms. The van der Waals surface area contributed by atoms with Crippen LogP contribution in [-0.2, 0) is 6.18 Å². The molecule has 1 N–H and O–H groups in total. The van der Waals surface area contributed by atoms with Crippen molar-refractivity contribution in [2.24, 2.45) is 5.10 Å². The van der Waals surface area contributed by atoms with Crippen molar-refractivity contribution in [1.82, 2.24) is 0 Å². The lowest BCUT2D eigenvalue weighted by Gasteiger charge is -2.09. The highest BCUT2D eigenvalue weighted by Crippen LogP contribution is 2.34. The Labute approximate surface area is 140 Å². The predicted molar refractivity (Wildman–Crippen MR) is 85.1 cm³/mol. The van der Waals surface area contributed by atoms with Crippen LogP contribution in [0.5, 0.6) is 0 Å². The second-order valence-corrected chi connectivity index (χ2v) is 4.98. The summed E-state index contributed by atoms with van der Waals surface area (Å²) in [5.41, 5.74) is 1.97. The highest BCUT2D eigenvalue weighted by atomic mass is 19.4. The van der Waals surface area contributed by atoms with Crippen LogP contribution in [0.25, 0.3) is 0 Å². The average Bonchev–Trinajstić information content (AvgIpc) is 2.58. The van der Waals surface area contributed by atoms with E-state index in [2.05, 4.69) is 10.5 Å². The third-order valence-electron chi connectivity index (χ3n) is 3.30. The topological polar surface area (TPSA) is 91.3 Å². The highest BCUT2D eigenvalue weighted by molar-refractivity contribution is 5.99. The molecule has 0 fully saturated rings. The zero-order valence-electron chi connectivity index (χ0n) is 12.8. The number of benzene rings is 2. The summed E-state index contributed by atoms with van der Waals surface area (Å²) in [6.07, 6.45) is -4.68. The van der Waals surface area contributed by atoms with Gasteiger partial charge in [-0.05, 0) is 36.8 Å². The standard InChI is InChI=1S/C16H11F3N4O2/c1-10(12-4-2-11(9-20)3-5-12)21-22-14-7-6-13(16(17,18)19)8-15(14)23(24)25/h2-8,22H,1H3. The van der Waals surface area contributed by atoms with Crippen LogP contribution in [0.3, 0.4) is 0 Å². The summed E-state index contributed by atoms with van der Waals surface area (Å²) in [5, 5.41) is 23.7. The van der Waals surface area contributed by atoms with Gasteiger partial charge in [0.1, 0.15) is 5.69 Å². The zero-order chi connectivity index (χ0) is 18.6. The van der Waals surface area contributed by atoms with Crippen molar-refractivity contribution in [3.63, 3.8) is 0 Å². The first-order valence-corrected chi connectivity index (χ1v) is 6.89. The number of nitro benzene ring substituents is 1. The molecule has 0 bridgehead atoms. The first-order valence-electron chi connectivity index (χ1n) is 6.89. The first-order chi connectivity index (χ1) is 11.7. The summed E-state index contributed by atoms with van der Waals surface area (Å²) in [6, 6.07) is 10.5. The van der Waals surface area contributed by atoms with Crippen molar-refractivity contribution < 1.29 is 18.1 Å². The Morgan fingerprint density at radius 2 is 1.88 bits per heavy atom. The van der Waals surface area contributed by atoms with E-state index in [1.165, 1.54) is 0 Å². The van der Waals surface area contributed by atoms with E-state index in [0.29, 0.717) is 22.9 Å². The van der Waals surface area contributed by atoms with Crippen molar-refractivity contribution >= 4 is 17.1 Å². The van der Waals surface area contributed by atoms with Crippen LogP contribution in [0.2, 0.25) is 0 Å². The number of anilines is 1. The van der Waals surface area contributed by atoms with Crippen LogP contribution in [-0.4, -0.2) is 10.6 Å². The molecule has 2 rings (SSSR count). The van der Waals surface area contributed by atoms with Gasteiger partial charge in [-0.25, -0.2) is 0 Å². The Kier molecular flexibility index (Phi) is 5.02. The second kappa shape index (κ2) is 7.00. The number of nitrogens with zero attached hydrogens (tertiary/aromatic N) is 3. The molecule has 128 valence electrons. The molecule has 6 nitrogen and oxygen atoms in total. The van der Waals surface area contributed by atoms with E-state index >= 15 is 0 Å². The quantitative estimate of drug-likeness (QED) is 0.506. The number of halogens is 3. The van der Waals surface area contributed by atoms with Gasteiger partial charge in [-0.1, -0.05) is 12.1 Å². The molecule has 0 spiro atoms. The molecule has 2 aromatic carbocycles. The fourth-order valence-corrected chi connectivity index (χ4v) is 1.95. The third kappa shape index (κ3) is 4.32. The number of nitriles is 1. The first kappa shape index (κ1) is 17.9. The summed E-state index contributed by atoms with van der Waals surface area (Å²) in [4.78, 5) is 10.1. The Bertz CT molecular complexity index is 868. The molecule has 0 saturated carbocycles. The van der Waals surface area contributed by atoms with E-state index in [-0.39, 0.29) is 5.69 Å². The van der Waals surface area contributed by atoms with E-state index in [1.807, 2.05) is 6.07 Å². The summed E-state index contributed by atoms with van der Waals surface area (Å²) in [6.45, 7) is 1.62. The average molecular weight is 348 g/mol. The monoisotopic (exact) mass is 348 g/mol. The van der Waals surface area contributed by atoms with Crippen molar-refractivity contribution in [2.45, 2.75) is 13.1 Å². The van der Waals surface area contributed by atoms with Crippen molar-refractivity contribution in [3.8, 4) is 6.07 Å². The molecule has 0 atom stereocenters. The molecule has 2 aromatic rings. The molecular formula is C16H11F3N4O2. The van der Waals surface area contributed by atoms with E-state index in [4.69, 9.17) is 5.26 Å². The molecule has 0 aliphatic rings. The number of nitro groups is 1. The molecule has 9 heteroatoms. The minimum atomic E-state index is -4.68. The lowest BCUT2D eigenvalue weighted by molar-refractivity contribution is -0.384. The summed E-state index contributed by atoms with van der Waals surface area (Å²) in [7, 11) is 0. The van der Waals surface area contributed by atoms with Crippen LogP contribution in [0.15, 0.2) is 47.6 Å². The lowest BCUT2D eigenvalue weighted by Crippen LogP contribution is -2.07. The van der Waals surface area contributed by atoms with Crippen LogP contribution in [0.1, 0.15) is 23.6 Å². The van der Waals surface area contributed by atoms with Crippen LogP contribution < -0.4 is 5.43 Å². The fourth-order valence-electron chi connectivity index (χ4n) is 1.95. The molecule has 0 heterocycles. The maximum absolute atomic E-state index is 12.7. The van der Waals surface area contributed by atoms with Gasteiger partial charge >= 0.3 is 6.18 Å². The molecule has 0 aliphatic carbocycles. The molecular weight excluding hydrogens is 337 g/mol. The van der Waals surface area contributed by atoms with Gasteiger partial charge in [0, 0.05) is 6.07 Å².